The van der Waals surface area contributed by atoms with Gasteiger partial charge in [0, 0.05) is 26.2 Å². The Bertz CT molecular complexity index is 394. The Morgan fingerprint density at radius 1 is 1.33 bits per heavy atom. The normalized spacial score (nSPS) is 16.3. The first-order chi connectivity index (χ1) is 8.56. The Morgan fingerprint density at radius 2 is 2.06 bits per heavy atom. The molecule has 0 bridgehead atoms. The minimum Gasteiger partial charge on any atom is -0.316 e. The molecule has 1 heterocycles. The van der Waals surface area contributed by atoms with E-state index in [-0.39, 0.29) is 0 Å². The van der Waals surface area contributed by atoms with Crippen LogP contribution in [0.2, 0.25) is 0 Å². The predicted molar refractivity (Wildman–Crippen MR) is 78.0 cm³/mol. The van der Waals surface area contributed by atoms with Crippen LogP contribution < -0.4 is 5.32 Å². The molecule has 0 radical (unpaired) electrons. The molecular weight excluding hydrogens is 220 g/mol. The van der Waals surface area contributed by atoms with E-state index >= 15 is 0 Å². The van der Waals surface area contributed by atoms with E-state index in [0.29, 0.717) is 5.92 Å². The molecule has 0 aromatic heterocycles. The second kappa shape index (κ2) is 5.85. The molecule has 1 N–H and O–H groups in total. The number of benzene rings is 1. The lowest BCUT2D eigenvalue weighted by Crippen LogP contribution is -2.47. The summed E-state index contributed by atoms with van der Waals surface area (Å²) in [7, 11) is 2.24. The smallest absolute Gasteiger partial charge is 0.0233 e. The summed E-state index contributed by atoms with van der Waals surface area (Å²) in [4.78, 5) is 2.46. The first-order valence-corrected chi connectivity index (χ1v) is 7.05. The summed E-state index contributed by atoms with van der Waals surface area (Å²) in [5, 5.41) is 3.34. The van der Waals surface area contributed by atoms with Crippen LogP contribution in [0.5, 0.6) is 0 Å². The van der Waals surface area contributed by atoms with Gasteiger partial charge in [0.05, 0.1) is 0 Å². The van der Waals surface area contributed by atoms with Crippen LogP contribution in [0, 0.1) is 12.8 Å². The van der Waals surface area contributed by atoms with Gasteiger partial charge in [-0.15, -0.1) is 0 Å². The number of hydrogen-bond donors (Lipinski definition) is 1. The van der Waals surface area contributed by atoms with Crippen LogP contribution in [0.25, 0.3) is 0 Å². The van der Waals surface area contributed by atoms with Crippen LogP contribution in [0.15, 0.2) is 18.2 Å². The lowest BCUT2D eigenvalue weighted by atomic mass is 9.97. The molecule has 0 atom stereocenters. The summed E-state index contributed by atoms with van der Waals surface area (Å²) in [5.41, 5.74) is 4.35. The summed E-state index contributed by atoms with van der Waals surface area (Å²) in [6, 6.07) is 6.91. The topological polar surface area (TPSA) is 15.3 Å². The molecule has 1 aliphatic rings. The van der Waals surface area contributed by atoms with E-state index in [0.717, 1.165) is 12.5 Å². The maximum atomic E-state index is 3.34. The number of nitrogens with zero attached hydrogens (tertiary/aromatic N) is 1. The highest BCUT2D eigenvalue weighted by Crippen LogP contribution is 2.20. The predicted octanol–water partition coefficient (Wildman–Crippen LogP) is 2.77. The first-order valence-electron chi connectivity index (χ1n) is 7.05. The maximum absolute atomic E-state index is 3.34. The Labute approximate surface area is 111 Å². The molecule has 2 heteroatoms. The van der Waals surface area contributed by atoms with Crippen molar-refractivity contribution in [2.24, 2.45) is 5.92 Å². The van der Waals surface area contributed by atoms with Crippen LogP contribution in [0.1, 0.15) is 36.5 Å². The largest absolute Gasteiger partial charge is 0.316 e. The standard InChI is InChI=1S/C16H26N2/c1-12(2)15-6-5-13(3)16(7-15)11-18(4)10-14-8-17-9-14/h5-7,12,14,17H,8-11H2,1-4H3. The Balaban J connectivity index is 2.00. The molecule has 0 amide bonds. The molecule has 0 unspecified atom stereocenters. The van der Waals surface area contributed by atoms with Gasteiger partial charge in [0.2, 0.25) is 0 Å². The van der Waals surface area contributed by atoms with Gasteiger partial charge < -0.3 is 10.2 Å². The van der Waals surface area contributed by atoms with Crippen LogP contribution in [0.4, 0.5) is 0 Å². The van der Waals surface area contributed by atoms with Crippen molar-refractivity contribution < 1.29 is 0 Å². The molecule has 100 valence electrons. The second-order valence-electron chi connectivity index (χ2n) is 6.06. The molecule has 1 saturated heterocycles. The fraction of sp³-hybridized carbons (Fsp3) is 0.625. The molecule has 0 saturated carbocycles. The van der Waals surface area contributed by atoms with E-state index in [2.05, 4.69) is 56.2 Å². The van der Waals surface area contributed by atoms with Gasteiger partial charge in [0.25, 0.3) is 0 Å². The number of rotatable bonds is 5. The van der Waals surface area contributed by atoms with E-state index < -0.39 is 0 Å². The van der Waals surface area contributed by atoms with Crippen molar-refractivity contribution in [2.45, 2.75) is 33.2 Å². The molecule has 2 rings (SSSR count). The summed E-state index contributed by atoms with van der Waals surface area (Å²) >= 11 is 0. The zero-order chi connectivity index (χ0) is 13.1. The van der Waals surface area contributed by atoms with E-state index in [9.17, 15) is 0 Å². The Kier molecular flexibility index (Phi) is 4.41. The molecule has 1 fully saturated rings. The van der Waals surface area contributed by atoms with E-state index in [1.165, 1.54) is 36.3 Å². The molecule has 1 aromatic rings. The number of hydrogen-bond acceptors (Lipinski definition) is 2. The molecule has 2 nitrogen and oxygen atoms in total. The highest BCUT2D eigenvalue weighted by atomic mass is 15.1. The van der Waals surface area contributed by atoms with Crippen LogP contribution in [-0.4, -0.2) is 31.6 Å². The molecule has 1 aliphatic heterocycles. The maximum Gasteiger partial charge on any atom is 0.0233 e. The first kappa shape index (κ1) is 13.6. The lowest BCUT2D eigenvalue weighted by Gasteiger charge is -2.31. The van der Waals surface area contributed by atoms with Crippen LogP contribution in [0.3, 0.4) is 0 Å². The van der Waals surface area contributed by atoms with Crippen LogP contribution >= 0.6 is 0 Å². The number of nitrogens with one attached hydrogen (secondary N) is 1. The average molecular weight is 246 g/mol. The molecular formula is C16H26N2. The summed E-state index contributed by atoms with van der Waals surface area (Å²) in [5.74, 6) is 1.47. The highest BCUT2D eigenvalue weighted by molar-refractivity contribution is 5.32. The molecule has 1 aromatic carbocycles. The minimum absolute atomic E-state index is 0.616. The van der Waals surface area contributed by atoms with Gasteiger partial charge >= 0.3 is 0 Å². The fourth-order valence-corrected chi connectivity index (χ4v) is 2.49. The lowest BCUT2D eigenvalue weighted by molar-refractivity contribution is 0.218. The third-order valence-corrected chi connectivity index (χ3v) is 3.92. The third-order valence-electron chi connectivity index (χ3n) is 3.92. The van der Waals surface area contributed by atoms with Crippen molar-refractivity contribution >= 4 is 0 Å². The molecule has 0 aliphatic carbocycles. The van der Waals surface area contributed by atoms with Gasteiger partial charge in [0.15, 0.2) is 0 Å². The minimum atomic E-state index is 0.616. The second-order valence-corrected chi connectivity index (χ2v) is 6.06. The average Bonchev–Trinajstić information content (AvgIpc) is 2.26. The third kappa shape index (κ3) is 3.33. The fourth-order valence-electron chi connectivity index (χ4n) is 2.49. The van der Waals surface area contributed by atoms with Crippen molar-refractivity contribution in [1.29, 1.82) is 0 Å². The zero-order valence-corrected chi connectivity index (χ0v) is 12.2. The highest BCUT2D eigenvalue weighted by Gasteiger charge is 2.18. The number of aryl methyl sites for hydroxylation is 1. The van der Waals surface area contributed by atoms with Crippen molar-refractivity contribution in [1.82, 2.24) is 10.2 Å². The van der Waals surface area contributed by atoms with Crippen molar-refractivity contribution in [3.05, 3.63) is 34.9 Å². The van der Waals surface area contributed by atoms with Crippen molar-refractivity contribution in [3.63, 3.8) is 0 Å². The SMILES string of the molecule is Cc1ccc(C(C)C)cc1CN(C)CC1CNC1. The molecule has 0 spiro atoms. The monoisotopic (exact) mass is 246 g/mol. The summed E-state index contributed by atoms with van der Waals surface area (Å²) in [6.07, 6.45) is 0. The van der Waals surface area contributed by atoms with Gasteiger partial charge in [-0.1, -0.05) is 32.0 Å². The van der Waals surface area contributed by atoms with E-state index in [1.807, 2.05) is 0 Å². The summed E-state index contributed by atoms with van der Waals surface area (Å²) in [6.45, 7) is 11.4. The van der Waals surface area contributed by atoms with Gasteiger partial charge in [-0.25, -0.2) is 0 Å². The summed E-state index contributed by atoms with van der Waals surface area (Å²) < 4.78 is 0. The zero-order valence-electron chi connectivity index (χ0n) is 12.2. The van der Waals surface area contributed by atoms with Gasteiger partial charge in [-0.05, 0) is 42.5 Å². The van der Waals surface area contributed by atoms with E-state index in [1.54, 1.807) is 0 Å². The van der Waals surface area contributed by atoms with Crippen molar-refractivity contribution in [2.75, 3.05) is 26.7 Å². The van der Waals surface area contributed by atoms with Gasteiger partial charge in [-0.2, -0.15) is 0 Å². The van der Waals surface area contributed by atoms with Gasteiger partial charge in [-0.3, -0.25) is 0 Å². The van der Waals surface area contributed by atoms with E-state index in [4.69, 9.17) is 0 Å². The quantitative estimate of drug-likeness (QED) is 0.859. The molecule has 18 heavy (non-hydrogen) atoms. The van der Waals surface area contributed by atoms with Crippen molar-refractivity contribution in [3.8, 4) is 0 Å². The Morgan fingerprint density at radius 3 is 2.61 bits per heavy atom. The van der Waals surface area contributed by atoms with Gasteiger partial charge in [0.1, 0.15) is 0 Å². The Hall–Kier alpha value is -0.860. The van der Waals surface area contributed by atoms with Crippen LogP contribution in [-0.2, 0) is 6.54 Å².